The Morgan fingerprint density at radius 3 is 2.48 bits per heavy atom. The Morgan fingerprint density at radius 2 is 1.76 bits per heavy atom. The number of aromatic nitrogens is 1. The van der Waals surface area contributed by atoms with E-state index in [0.717, 1.165) is 48.4 Å². The number of carbonyl (C=O) groups excluding carboxylic acids is 1. The molecule has 0 spiro atoms. The van der Waals surface area contributed by atoms with Crippen LogP contribution in [0.2, 0.25) is 0 Å². The monoisotopic (exact) mass is 335 g/mol. The Labute approximate surface area is 146 Å². The number of fused-ring (bicyclic) bond motifs is 1. The minimum absolute atomic E-state index is 0.197. The van der Waals surface area contributed by atoms with E-state index < -0.39 is 0 Å². The quantitative estimate of drug-likeness (QED) is 0.738. The molecule has 0 unspecified atom stereocenters. The first kappa shape index (κ1) is 15.8. The lowest BCUT2D eigenvalue weighted by Gasteiger charge is -2.32. The molecule has 4 rings (SSSR count). The van der Waals surface area contributed by atoms with E-state index in [9.17, 15) is 4.79 Å². The van der Waals surface area contributed by atoms with Gasteiger partial charge in [0.05, 0.1) is 6.42 Å². The molecule has 0 aliphatic carbocycles. The zero-order valence-electron chi connectivity index (χ0n) is 14.3. The molecule has 0 saturated carbocycles. The summed E-state index contributed by atoms with van der Waals surface area (Å²) in [4.78, 5) is 21.1. The molecular formula is C20H21N3O2. The summed E-state index contributed by atoms with van der Waals surface area (Å²) in [6, 6.07) is 15.6. The molecule has 2 aromatic carbocycles. The molecular weight excluding hydrogens is 314 g/mol. The second kappa shape index (κ2) is 6.69. The molecule has 2 heterocycles. The van der Waals surface area contributed by atoms with E-state index in [-0.39, 0.29) is 5.91 Å². The molecule has 25 heavy (non-hydrogen) atoms. The Hall–Kier alpha value is -2.66. The highest BCUT2D eigenvalue weighted by molar-refractivity contribution is 5.79. The number of likely N-dealkylation sites (N-methyl/N-ethyl adjacent to an activating group) is 1. The van der Waals surface area contributed by atoms with Gasteiger partial charge >= 0.3 is 0 Å². The summed E-state index contributed by atoms with van der Waals surface area (Å²) in [5.74, 6) is 0.806. The van der Waals surface area contributed by atoms with Crippen LogP contribution in [0.3, 0.4) is 0 Å². The lowest BCUT2D eigenvalue weighted by Crippen LogP contribution is -2.47. The topological polar surface area (TPSA) is 49.6 Å². The molecule has 5 heteroatoms. The zero-order valence-corrected chi connectivity index (χ0v) is 14.3. The normalized spacial score (nSPS) is 15.6. The van der Waals surface area contributed by atoms with Crippen molar-refractivity contribution in [2.24, 2.45) is 0 Å². The van der Waals surface area contributed by atoms with Crippen LogP contribution in [0.5, 0.6) is 0 Å². The van der Waals surface area contributed by atoms with E-state index in [1.165, 1.54) is 0 Å². The number of hydrogen-bond donors (Lipinski definition) is 0. The third-order valence-electron chi connectivity index (χ3n) is 4.71. The summed E-state index contributed by atoms with van der Waals surface area (Å²) < 4.78 is 5.79. The maximum atomic E-state index is 12.4. The summed E-state index contributed by atoms with van der Waals surface area (Å²) in [5.41, 5.74) is 3.58. The average Bonchev–Trinajstić information content (AvgIpc) is 3.07. The van der Waals surface area contributed by atoms with Crippen molar-refractivity contribution in [3.63, 3.8) is 0 Å². The molecule has 1 amide bonds. The highest BCUT2D eigenvalue weighted by atomic mass is 16.3. The first-order valence-electron chi connectivity index (χ1n) is 8.60. The summed E-state index contributed by atoms with van der Waals surface area (Å²) in [6.07, 6.45) is 0.442. The van der Waals surface area contributed by atoms with Crippen molar-refractivity contribution in [3.8, 4) is 11.5 Å². The van der Waals surface area contributed by atoms with E-state index in [1.54, 1.807) is 0 Å². The summed E-state index contributed by atoms with van der Waals surface area (Å²) in [7, 11) is 2.09. The molecule has 5 nitrogen and oxygen atoms in total. The van der Waals surface area contributed by atoms with Crippen LogP contribution >= 0.6 is 0 Å². The van der Waals surface area contributed by atoms with Gasteiger partial charge in [0.25, 0.3) is 0 Å². The molecule has 1 fully saturated rings. The van der Waals surface area contributed by atoms with Crippen LogP contribution < -0.4 is 0 Å². The Morgan fingerprint density at radius 1 is 1.04 bits per heavy atom. The van der Waals surface area contributed by atoms with Crippen molar-refractivity contribution >= 4 is 17.0 Å². The van der Waals surface area contributed by atoms with Gasteiger partial charge in [0.15, 0.2) is 5.58 Å². The van der Waals surface area contributed by atoms with Crippen molar-refractivity contribution in [1.82, 2.24) is 14.8 Å². The SMILES string of the molecule is CN1CCN(C(=O)Cc2ccc(-c3nc4ccccc4o3)cc2)CC1. The summed E-state index contributed by atoms with van der Waals surface area (Å²) >= 11 is 0. The van der Waals surface area contributed by atoms with Gasteiger partial charge < -0.3 is 14.2 Å². The van der Waals surface area contributed by atoms with Crippen LogP contribution in [0.4, 0.5) is 0 Å². The van der Waals surface area contributed by atoms with Gasteiger partial charge in [-0.2, -0.15) is 0 Å². The average molecular weight is 335 g/mol. The van der Waals surface area contributed by atoms with E-state index in [4.69, 9.17) is 4.42 Å². The van der Waals surface area contributed by atoms with Crippen LogP contribution in [0.25, 0.3) is 22.6 Å². The third-order valence-corrected chi connectivity index (χ3v) is 4.71. The molecule has 1 aliphatic rings. The van der Waals surface area contributed by atoms with Crippen LogP contribution in [0.15, 0.2) is 52.9 Å². The second-order valence-electron chi connectivity index (χ2n) is 6.54. The lowest BCUT2D eigenvalue weighted by atomic mass is 10.1. The van der Waals surface area contributed by atoms with Crippen molar-refractivity contribution in [1.29, 1.82) is 0 Å². The zero-order chi connectivity index (χ0) is 17.2. The first-order valence-corrected chi connectivity index (χ1v) is 8.60. The fourth-order valence-electron chi connectivity index (χ4n) is 3.10. The molecule has 0 atom stereocenters. The van der Waals surface area contributed by atoms with E-state index in [1.807, 2.05) is 53.4 Å². The predicted octanol–water partition coefficient (Wildman–Crippen LogP) is 2.81. The number of amides is 1. The Balaban J connectivity index is 1.45. The van der Waals surface area contributed by atoms with E-state index in [0.29, 0.717) is 12.3 Å². The van der Waals surface area contributed by atoms with Crippen LogP contribution in [-0.2, 0) is 11.2 Å². The fraction of sp³-hybridized carbons (Fsp3) is 0.300. The molecule has 0 N–H and O–H groups in total. The molecule has 3 aromatic rings. The van der Waals surface area contributed by atoms with Crippen molar-refractivity contribution < 1.29 is 9.21 Å². The number of hydrogen-bond acceptors (Lipinski definition) is 4. The van der Waals surface area contributed by atoms with Crippen molar-refractivity contribution in [2.45, 2.75) is 6.42 Å². The molecule has 1 saturated heterocycles. The minimum atomic E-state index is 0.197. The van der Waals surface area contributed by atoms with Gasteiger partial charge in [-0.05, 0) is 36.9 Å². The highest BCUT2D eigenvalue weighted by Gasteiger charge is 2.19. The predicted molar refractivity (Wildman–Crippen MR) is 97.2 cm³/mol. The molecule has 1 aliphatic heterocycles. The number of carbonyl (C=O) groups is 1. The fourth-order valence-corrected chi connectivity index (χ4v) is 3.10. The van der Waals surface area contributed by atoms with Crippen molar-refractivity contribution in [2.75, 3.05) is 33.2 Å². The number of rotatable bonds is 3. The van der Waals surface area contributed by atoms with Gasteiger partial charge in [-0.25, -0.2) is 4.98 Å². The van der Waals surface area contributed by atoms with Crippen LogP contribution in [0, 0.1) is 0 Å². The van der Waals surface area contributed by atoms with Gasteiger partial charge in [0.2, 0.25) is 11.8 Å². The summed E-state index contributed by atoms with van der Waals surface area (Å²) in [5, 5.41) is 0. The maximum absolute atomic E-state index is 12.4. The van der Waals surface area contributed by atoms with Crippen molar-refractivity contribution in [3.05, 3.63) is 54.1 Å². The molecule has 128 valence electrons. The number of nitrogens with zero attached hydrogens (tertiary/aromatic N) is 3. The third kappa shape index (κ3) is 3.42. The Bertz CT molecular complexity index is 844. The number of piperazine rings is 1. The summed E-state index contributed by atoms with van der Waals surface area (Å²) in [6.45, 7) is 3.53. The van der Waals surface area contributed by atoms with Gasteiger partial charge in [-0.3, -0.25) is 4.79 Å². The lowest BCUT2D eigenvalue weighted by molar-refractivity contribution is -0.132. The first-order chi connectivity index (χ1) is 12.2. The standard InChI is InChI=1S/C20H21N3O2/c1-22-10-12-23(13-11-22)19(24)14-15-6-8-16(9-7-15)20-21-17-4-2-3-5-18(17)25-20/h2-9H,10-14H2,1H3. The molecule has 0 radical (unpaired) electrons. The number of para-hydroxylation sites is 2. The highest BCUT2D eigenvalue weighted by Crippen LogP contribution is 2.24. The smallest absolute Gasteiger partial charge is 0.227 e. The number of benzene rings is 2. The molecule has 0 bridgehead atoms. The van der Waals surface area contributed by atoms with Crippen LogP contribution in [-0.4, -0.2) is 53.9 Å². The second-order valence-corrected chi connectivity index (χ2v) is 6.54. The van der Waals surface area contributed by atoms with Gasteiger partial charge in [-0.1, -0.05) is 24.3 Å². The van der Waals surface area contributed by atoms with Gasteiger partial charge in [-0.15, -0.1) is 0 Å². The minimum Gasteiger partial charge on any atom is -0.436 e. The Kier molecular flexibility index (Phi) is 4.24. The molecule has 1 aromatic heterocycles. The van der Waals surface area contributed by atoms with Gasteiger partial charge in [0.1, 0.15) is 5.52 Å². The van der Waals surface area contributed by atoms with E-state index >= 15 is 0 Å². The van der Waals surface area contributed by atoms with E-state index in [2.05, 4.69) is 16.9 Å². The largest absolute Gasteiger partial charge is 0.436 e. The van der Waals surface area contributed by atoms with Gasteiger partial charge in [0, 0.05) is 31.7 Å². The maximum Gasteiger partial charge on any atom is 0.227 e. The van der Waals surface area contributed by atoms with Crippen LogP contribution in [0.1, 0.15) is 5.56 Å². The number of oxazole rings is 1.